The van der Waals surface area contributed by atoms with E-state index in [2.05, 4.69) is 20.3 Å². The van der Waals surface area contributed by atoms with Gasteiger partial charge in [-0.3, -0.25) is 9.88 Å². The van der Waals surface area contributed by atoms with Crippen molar-refractivity contribution in [1.82, 2.24) is 9.88 Å². The van der Waals surface area contributed by atoms with Crippen LogP contribution in [-0.2, 0) is 21.0 Å². The number of pyridine rings is 1. The first-order chi connectivity index (χ1) is 12.6. The topological polar surface area (TPSA) is 54.8 Å². The number of morpholine rings is 1. The van der Waals surface area contributed by atoms with Gasteiger partial charge in [0.05, 0.1) is 33.3 Å². The highest BCUT2D eigenvalue weighted by molar-refractivity contribution is 7.93. The number of benzene rings is 1. The molecule has 3 heterocycles. The molecule has 0 saturated carbocycles. The van der Waals surface area contributed by atoms with Gasteiger partial charge in [0.1, 0.15) is 0 Å². The van der Waals surface area contributed by atoms with Crippen LogP contribution in [0.25, 0.3) is 0 Å². The summed E-state index contributed by atoms with van der Waals surface area (Å²) in [6, 6.07) is 15.7. The fraction of sp³-hybridized carbons (Fsp3) is 0.450. The number of rotatable bonds is 3. The fourth-order valence-electron chi connectivity index (χ4n) is 3.77. The molecule has 2 aliphatic rings. The van der Waals surface area contributed by atoms with E-state index in [9.17, 15) is 4.21 Å². The number of hydrogen-bond donors (Lipinski definition) is 0. The van der Waals surface area contributed by atoms with E-state index in [0.29, 0.717) is 11.5 Å². The number of ether oxygens (including phenoxy) is 1. The third-order valence-electron chi connectivity index (χ3n) is 5.22. The number of nitrogens with zero attached hydrogens (tertiary/aromatic N) is 3. The second kappa shape index (κ2) is 7.47. The summed E-state index contributed by atoms with van der Waals surface area (Å²) in [6.07, 6.45) is 3.45. The zero-order chi connectivity index (χ0) is 17.9. The lowest BCUT2D eigenvalue weighted by Gasteiger charge is -2.45. The monoisotopic (exact) mass is 371 g/mol. The molecule has 2 fully saturated rings. The molecule has 1 spiro atoms. The fourth-order valence-corrected chi connectivity index (χ4v) is 6.05. The second-order valence-corrected chi connectivity index (χ2v) is 9.72. The zero-order valence-electron chi connectivity index (χ0n) is 14.9. The standard InChI is InChI=1S/C20H25N3O2S/c24-26(22-18-6-2-1-3-7-18)14-9-20(10-15-26)17-23(12-13-25-20)16-19-8-4-5-11-21-19/h1-8,11H,9-10,12-17H2. The van der Waals surface area contributed by atoms with E-state index in [1.807, 2.05) is 48.7 Å². The Morgan fingerprint density at radius 1 is 1.12 bits per heavy atom. The minimum absolute atomic E-state index is 0.180. The highest BCUT2D eigenvalue weighted by atomic mass is 32.2. The molecule has 1 aromatic carbocycles. The van der Waals surface area contributed by atoms with Gasteiger partial charge in [-0.2, -0.15) is 4.36 Å². The van der Waals surface area contributed by atoms with Crippen LogP contribution in [0.2, 0.25) is 0 Å². The van der Waals surface area contributed by atoms with Crippen LogP contribution in [0.15, 0.2) is 59.1 Å². The SMILES string of the molecule is O=S1(=Nc2ccccc2)CCC2(CC1)CN(Cc1ccccn1)CCO2. The summed E-state index contributed by atoms with van der Waals surface area (Å²) in [5.41, 5.74) is 1.72. The second-order valence-electron chi connectivity index (χ2n) is 7.17. The molecule has 2 aromatic rings. The molecule has 0 aliphatic carbocycles. The Labute approximate surface area is 155 Å². The lowest BCUT2D eigenvalue weighted by molar-refractivity contribution is -0.116. The molecule has 2 saturated heterocycles. The van der Waals surface area contributed by atoms with Gasteiger partial charge in [-0.15, -0.1) is 0 Å². The van der Waals surface area contributed by atoms with E-state index in [-0.39, 0.29) is 5.60 Å². The van der Waals surface area contributed by atoms with Crippen molar-refractivity contribution in [3.05, 3.63) is 60.4 Å². The van der Waals surface area contributed by atoms with Crippen LogP contribution < -0.4 is 0 Å². The molecule has 0 N–H and O–H groups in total. The Hall–Kier alpha value is -1.76. The average Bonchev–Trinajstić information content (AvgIpc) is 2.67. The van der Waals surface area contributed by atoms with Gasteiger partial charge in [0.25, 0.3) is 0 Å². The smallest absolute Gasteiger partial charge is 0.0827 e. The highest BCUT2D eigenvalue weighted by Crippen LogP contribution is 2.33. The first-order valence-electron chi connectivity index (χ1n) is 9.19. The normalized spacial score (nSPS) is 29.5. The molecule has 0 amide bonds. The summed E-state index contributed by atoms with van der Waals surface area (Å²) in [7, 11) is -2.18. The Morgan fingerprint density at radius 3 is 2.62 bits per heavy atom. The van der Waals surface area contributed by atoms with Crippen molar-refractivity contribution in [1.29, 1.82) is 0 Å². The summed E-state index contributed by atoms with van der Waals surface area (Å²) < 4.78 is 23.9. The minimum Gasteiger partial charge on any atom is -0.372 e. The van der Waals surface area contributed by atoms with Crippen molar-refractivity contribution in [2.75, 3.05) is 31.2 Å². The molecule has 0 unspecified atom stereocenters. The van der Waals surface area contributed by atoms with Crippen molar-refractivity contribution in [3.63, 3.8) is 0 Å². The summed E-state index contributed by atoms with van der Waals surface area (Å²) in [4.78, 5) is 6.84. The molecule has 0 atom stereocenters. The van der Waals surface area contributed by atoms with Crippen molar-refractivity contribution in [3.8, 4) is 0 Å². The molecule has 2 aliphatic heterocycles. The van der Waals surface area contributed by atoms with Crippen LogP contribution >= 0.6 is 0 Å². The van der Waals surface area contributed by atoms with E-state index in [4.69, 9.17) is 4.74 Å². The third kappa shape index (κ3) is 4.14. The molecule has 1 aromatic heterocycles. The Balaban J connectivity index is 1.43. The lowest BCUT2D eigenvalue weighted by Crippen LogP contribution is -2.54. The maximum Gasteiger partial charge on any atom is 0.0827 e. The minimum atomic E-state index is -2.18. The Kier molecular flexibility index (Phi) is 5.07. The predicted octanol–water partition coefficient (Wildman–Crippen LogP) is 3.25. The molecule has 6 heteroatoms. The first-order valence-corrected chi connectivity index (χ1v) is 11.0. The third-order valence-corrected chi connectivity index (χ3v) is 7.45. The summed E-state index contributed by atoms with van der Waals surface area (Å²) in [5.74, 6) is 1.22. The van der Waals surface area contributed by atoms with Crippen LogP contribution in [-0.4, -0.2) is 50.9 Å². The van der Waals surface area contributed by atoms with E-state index in [0.717, 1.165) is 50.5 Å². The maximum atomic E-state index is 13.1. The average molecular weight is 372 g/mol. The van der Waals surface area contributed by atoms with E-state index in [1.165, 1.54) is 0 Å². The van der Waals surface area contributed by atoms with Gasteiger partial charge in [0, 0.05) is 37.3 Å². The molecule has 138 valence electrons. The predicted molar refractivity (Wildman–Crippen MR) is 104 cm³/mol. The van der Waals surface area contributed by atoms with Gasteiger partial charge in [-0.1, -0.05) is 24.3 Å². The van der Waals surface area contributed by atoms with Gasteiger partial charge in [-0.05, 0) is 37.1 Å². The van der Waals surface area contributed by atoms with Gasteiger partial charge in [-0.25, -0.2) is 4.21 Å². The van der Waals surface area contributed by atoms with E-state index >= 15 is 0 Å². The van der Waals surface area contributed by atoms with E-state index < -0.39 is 9.73 Å². The van der Waals surface area contributed by atoms with Crippen molar-refractivity contribution in [2.45, 2.75) is 25.0 Å². The molecular weight excluding hydrogens is 346 g/mol. The van der Waals surface area contributed by atoms with Crippen LogP contribution in [0.4, 0.5) is 5.69 Å². The Bertz CT molecular complexity index is 834. The molecule has 26 heavy (non-hydrogen) atoms. The van der Waals surface area contributed by atoms with Crippen molar-refractivity contribution >= 4 is 15.4 Å². The first kappa shape index (κ1) is 17.6. The summed E-state index contributed by atoms with van der Waals surface area (Å²) in [5, 5.41) is 0. The Morgan fingerprint density at radius 2 is 1.88 bits per heavy atom. The van der Waals surface area contributed by atoms with Crippen LogP contribution in [0.3, 0.4) is 0 Å². The van der Waals surface area contributed by atoms with Crippen molar-refractivity contribution in [2.24, 2.45) is 4.36 Å². The van der Waals surface area contributed by atoms with Gasteiger partial charge >= 0.3 is 0 Å². The summed E-state index contributed by atoms with van der Waals surface area (Å²) in [6.45, 7) is 3.37. The largest absolute Gasteiger partial charge is 0.372 e. The quantitative estimate of drug-likeness (QED) is 0.831. The van der Waals surface area contributed by atoms with E-state index in [1.54, 1.807) is 0 Å². The number of aromatic nitrogens is 1. The lowest BCUT2D eigenvalue weighted by atomic mass is 9.94. The molecule has 0 bridgehead atoms. The van der Waals surface area contributed by atoms with Gasteiger partial charge < -0.3 is 4.74 Å². The van der Waals surface area contributed by atoms with Crippen LogP contribution in [0.5, 0.6) is 0 Å². The van der Waals surface area contributed by atoms with Crippen LogP contribution in [0, 0.1) is 0 Å². The number of hydrogen-bond acceptors (Lipinski definition) is 5. The zero-order valence-corrected chi connectivity index (χ0v) is 15.7. The van der Waals surface area contributed by atoms with Crippen LogP contribution in [0.1, 0.15) is 18.5 Å². The molecule has 0 radical (unpaired) electrons. The molecule has 4 rings (SSSR count). The highest BCUT2D eigenvalue weighted by Gasteiger charge is 2.41. The summed E-state index contributed by atoms with van der Waals surface area (Å²) >= 11 is 0. The van der Waals surface area contributed by atoms with Gasteiger partial charge in [0.15, 0.2) is 0 Å². The molecule has 5 nitrogen and oxygen atoms in total. The molecular formula is C20H25N3O2S. The maximum absolute atomic E-state index is 13.1. The van der Waals surface area contributed by atoms with Crippen molar-refractivity contribution < 1.29 is 8.95 Å². The van der Waals surface area contributed by atoms with Gasteiger partial charge in [0.2, 0.25) is 0 Å².